The van der Waals surface area contributed by atoms with Gasteiger partial charge in [-0.15, -0.1) is 0 Å². The van der Waals surface area contributed by atoms with Gasteiger partial charge in [0, 0.05) is 0 Å². The Bertz CT molecular complexity index is 232. The Hall–Kier alpha value is -1.10. The van der Waals surface area contributed by atoms with Crippen molar-refractivity contribution in [2.24, 2.45) is 5.41 Å². The fourth-order valence-electron chi connectivity index (χ4n) is 1.30. The van der Waals surface area contributed by atoms with Gasteiger partial charge in [-0.1, -0.05) is 0 Å². The molecule has 13 heavy (non-hydrogen) atoms. The van der Waals surface area contributed by atoms with Gasteiger partial charge in [-0.05, 0) is 19.8 Å². The Morgan fingerprint density at radius 2 is 2.08 bits per heavy atom. The van der Waals surface area contributed by atoms with Gasteiger partial charge in [-0.25, -0.2) is 0 Å². The van der Waals surface area contributed by atoms with E-state index in [1.54, 1.807) is 6.92 Å². The molecule has 0 heterocycles. The number of aliphatic hydroxyl groups excluding tert-OH is 1. The van der Waals surface area contributed by atoms with Crippen LogP contribution in [0.3, 0.4) is 0 Å². The standard InChI is InChI=1S/C8H13NO4/c1-5(10)8(2-3-8)7(13)9-4-6(11)12/h5,10H,2-4H2,1H3,(H,9,13)(H,11,12)/t5-/m1/s1. The maximum absolute atomic E-state index is 11.3. The molecule has 74 valence electrons. The number of carbonyl (C=O) groups excluding carboxylic acids is 1. The molecule has 0 aliphatic heterocycles. The normalized spacial score (nSPS) is 20.5. The molecule has 1 saturated carbocycles. The van der Waals surface area contributed by atoms with E-state index in [1.165, 1.54) is 0 Å². The summed E-state index contributed by atoms with van der Waals surface area (Å²) in [6.45, 7) is 1.17. The number of rotatable bonds is 4. The van der Waals surface area contributed by atoms with Crippen LogP contribution in [0.2, 0.25) is 0 Å². The summed E-state index contributed by atoms with van der Waals surface area (Å²) in [6, 6.07) is 0. The van der Waals surface area contributed by atoms with Crippen LogP contribution in [0.4, 0.5) is 0 Å². The van der Waals surface area contributed by atoms with Crippen molar-refractivity contribution < 1.29 is 19.8 Å². The number of amides is 1. The summed E-state index contributed by atoms with van der Waals surface area (Å²) in [5, 5.41) is 19.8. The highest BCUT2D eigenvalue weighted by Gasteiger charge is 2.53. The van der Waals surface area contributed by atoms with Gasteiger partial charge in [0.1, 0.15) is 6.54 Å². The van der Waals surface area contributed by atoms with Gasteiger partial charge in [0.25, 0.3) is 0 Å². The van der Waals surface area contributed by atoms with Crippen molar-refractivity contribution in [3.63, 3.8) is 0 Å². The number of hydrogen-bond donors (Lipinski definition) is 3. The molecule has 0 aromatic carbocycles. The fourth-order valence-corrected chi connectivity index (χ4v) is 1.30. The number of carbonyl (C=O) groups is 2. The summed E-state index contributed by atoms with van der Waals surface area (Å²) in [4.78, 5) is 21.5. The van der Waals surface area contributed by atoms with Crippen molar-refractivity contribution in [1.29, 1.82) is 0 Å². The third kappa shape index (κ3) is 1.98. The molecule has 0 unspecified atom stereocenters. The van der Waals surface area contributed by atoms with E-state index in [9.17, 15) is 14.7 Å². The van der Waals surface area contributed by atoms with Crippen molar-refractivity contribution >= 4 is 11.9 Å². The molecule has 5 heteroatoms. The molecule has 1 fully saturated rings. The Kier molecular flexibility index (Phi) is 2.56. The predicted octanol–water partition coefficient (Wildman–Crippen LogP) is -0.652. The van der Waals surface area contributed by atoms with Crippen molar-refractivity contribution in [1.82, 2.24) is 5.32 Å². The number of aliphatic hydroxyl groups is 1. The largest absolute Gasteiger partial charge is 0.480 e. The number of carboxylic acid groups (broad SMARTS) is 1. The second-order valence-corrected chi connectivity index (χ2v) is 3.41. The van der Waals surface area contributed by atoms with E-state index in [0.29, 0.717) is 12.8 Å². The van der Waals surface area contributed by atoms with Gasteiger partial charge >= 0.3 is 5.97 Å². The minimum atomic E-state index is -1.07. The highest BCUT2D eigenvalue weighted by molar-refractivity contribution is 5.88. The molecule has 1 rings (SSSR count). The molecule has 0 radical (unpaired) electrons. The summed E-state index contributed by atoms with van der Waals surface area (Å²) in [5.41, 5.74) is -0.713. The lowest BCUT2D eigenvalue weighted by Gasteiger charge is -2.16. The molecule has 3 N–H and O–H groups in total. The average molecular weight is 187 g/mol. The Morgan fingerprint density at radius 1 is 1.54 bits per heavy atom. The molecule has 1 amide bonds. The van der Waals surface area contributed by atoms with Crippen LogP contribution in [0.25, 0.3) is 0 Å². The van der Waals surface area contributed by atoms with Gasteiger partial charge in [-0.3, -0.25) is 9.59 Å². The monoisotopic (exact) mass is 187 g/mol. The van der Waals surface area contributed by atoms with E-state index in [0.717, 1.165) is 0 Å². The van der Waals surface area contributed by atoms with E-state index in [1.807, 2.05) is 0 Å². The summed E-state index contributed by atoms with van der Waals surface area (Å²) in [7, 11) is 0. The highest BCUT2D eigenvalue weighted by Crippen LogP contribution is 2.48. The molecule has 1 aliphatic rings. The fraction of sp³-hybridized carbons (Fsp3) is 0.750. The van der Waals surface area contributed by atoms with Crippen molar-refractivity contribution in [3.05, 3.63) is 0 Å². The molecular formula is C8H13NO4. The zero-order chi connectivity index (χ0) is 10.1. The van der Waals surface area contributed by atoms with Crippen LogP contribution in [0.15, 0.2) is 0 Å². The van der Waals surface area contributed by atoms with Crippen LogP contribution in [-0.4, -0.2) is 34.7 Å². The minimum absolute atomic E-state index is 0.357. The van der Waals surface area contributed by atoms with Gasteiger partial charge in [0.05, 0.1) is 11.5 Å². The topological polar surface area (TPSA) is 86.6 Å². The van der Waals surface area contributed by atoms with E-state index < -0.39 is 17.5 Å². The van der Waals surface area contributed by atoms with Gasteiger partial charge in [0.2, 0.25) is 5.91 Å². The van der Waals surface area contributed by atoms with E-state index >= 15 is 0 Å². The van der Waals surface area contributed by atoms with E-state index in [-0.39, 0.29) is 12.5 Å². The van der Waals surface area contributed by atoms with Gasteiger partial charge in [0.15, 0.2) is 0 Å². The molecule has 5 nitrogen and oxygen atoms in total. The lowest BCUT2D eigenvalue weighted by Crippen LogP contribution is -2.40. The molecule has 0 saturated heterocycles. The Morgan fingerprint density at radius 3 is 2.38 bits per heavy atom. The van der Waals surface area contributed by atoms with Crippen molar-refractivity contribution in [3.8, 4) is 0 Å². The van der Waals surface area contributed by atoms with Gasteiger partial charge in [-0.2, -0.15) is 0 Å². The Balaban J connectivity index is 2.44. The van der Waals surface area contributed by atoms with E-state index in [2.05, 4.69) is 5.32 Å². The van der Waals surface area contributed by atoms with Crippen LogP contribution >= 0.6 is 0 Å². The zero-order valence-corrected chi connectivity index (χ0v) is 7.41. The quantitative estimate of drug-likeness (QED) is 0.545. The van der Waals surface area contributed by atoms with Crippen molar-refractivity contribution in [2.45, 2.75) is 25.9 Å². The first-order valence-electron chi connectivity index (χ1n) is 4.17. The van der Waals surface area contributed by atoms with Crippen molar-refractivity contribution in [2.75, 3.05) is 6.54 Å². The van der Waals surface area contributed by atoms with E-state index in [4.69, 9.17) is 5.11 Å². The maximum Gasteiger partial charge on any atom is 0.322 e. The maximum atomic E-state index is 11.3. The summed E-state index contributed by atoms with van der Waals surface area (Å²) >= 11 is 0. The molecule has 0 bridgehead atoms. The third-order valence-corrected chi connectivity index (χ3v) is 2.44. The molecule has 0 aromatic heterocycles. The van der Waals surface area contributed by atoms with Crippen LogP contribution in [-0.2, 0) is 9.59 Å². The molecule has 0 aromatic rings. The first-order chi connectivity index (χ1) is 5.99. The lowest BCUT2D eigenvalue weighted by atomic mass is 10.00. The summed E-state index contributed by atoms with van der Waals surface area (Å²) < 4.78 is 0. The first-order valence-corrected chi connectivity index (χ1v) is 4.17. The summed E-state index contributed by atoms with van der Waals surface area (Å²) in [5.74, 6) is -1.43. The zero-order valence-electron chi connectivity index (χ0n) is 7.41. The average Bonchev–Trinajstić information content (AvgIpc) is 2.79. The molecule has 1 aliphatic carbocycles. The number of nitrogens with one attached hydrogen (secondary N) is 1. The smallest absolute Gasteiger partial charge is 0.322 e. The number of hydrogen-bond acceptors (Lipinski definition) is 3. The molecule has 1 atom stereocenters. The second-order valence-electron chi connectivity index (χ2n) is 3.41. The third-order valence-electron chi connectivity index (χ3n) is 2.44. The predicted molar refractivity (Wildman–Crippen MR) is 44.0 cm³/mol. The van der Waals surface area contributed by atoms with Crippen LogP contribution in [0, 0.1) is 5.41 Å². The van der Waals surface area contributed by atoms with Crippen LogP contribution < -0.4 is 5.32 Å². The minimum Gasteiger partial charge on any atom is -0.480 e. The first kappa shape index (κ1) is 9.98. The Labute approximate surface area is 75.7 Å². The second kappa shape index (κ2) is 3.33. The number of carboxylic acids is 1. The summed E-state index contributed by atoms with van der Waals surface area (Å²) in [6.07, 6.45) is 0.563. The number of aliphatic carboxylic acids is 1. The van der Waals surface area contributed by atoms with Gasteiger partial charge < -0.3 is 15.5 Å². The highest BCUT2D eigenvalue weighted by atomic mass is 16.4. The SMILES string of the molecule is C[C@@H](O)C1(C(=O)NCC(=O)O)CC1. The molecule has 0 spiro atoms. The molecular weight excluding hydrogens is 174 g/mol. The van der Waals surface area contributed by atoms with Crippen LogP contribution in [0.1, 0.15) is 19.8 Å². The lowest BCUT2D eigenvalue weighted by molar-refractivity contribution is -0.139. The van der Waals surface area contributed by atoms with Crippen LogP contribution in [0.5, 0.6) is 0 Å².